The number of amides is 2. The Morgan fingerprint density at radius 2 is 1.68 bits per heavy atom. The summed E-state index contributed by atoms with van der Waals surface area (Å²) in [4.78, 5) is 32.2. The maximum absolute atomic E-state index is 13.8. The molecule has 0 saturated carbocycles. The van der Waals surface area contributed by atoms with Gasteiger partial charge in [0.1, 0.15) is 5.00 Å². The van der Waals surface area contributed by atoms with Crippen LogP contribution in [0.25, 0.3) is 22.2 Å². The number of nitrogens with zero attached hydrogens (tertiary/aromatic N) is 1. The molecule has 0 radical (unpaired) electrons. The van der Waals surface area contributed by atoms with E-state index in [1.54, 1.807) is 0 Å². The molecule has 1 aliphatic rings. The van der Waals surface area contributed by atoms with E-state index in [1.165, 1.54) is 16.2 Å². The van der Waals surface area contributed by atoms with Crippen molar-refractivity contribution in [3.63, 3.8) is 0 Å². The minimum absolute atomic E-state index is 0.247. The highest BCUT2D eigenvalue weighted by molar-refractivity contribution is 7.17. The Morgan fingerprint density at radius 1 is 0.941 bits per heavy atom. The van der Waals surface area contributed by atoms with Crippen LogP contribution < -0.4 is 11.1 Å². The molecule has 5 nitrogen and oxygen atoms in total. The number of nitrogens with one attached hydrogen (secondary N) is 1. The van der Waals surface area contributed by atoms with Crippen molar-refractivity contribution in [2.45, 2.75) is 46.0 Å². The molecule has 1 aliphatic carbocycles. The summed E-state index contributed by atoms with van der Waals surface area (Å²) in [6.07, 6.45) is 5.02. The van der Waals surface area contributed by atoms with E-state index < -0.39 is 5.91 Å². The largest absolute Gasteiger partial charge is 0.365 e. The summed E-state index contributed by atoms with van der Waals surface area (Å²) in [5.41, 5.74) is 12.3. The highest BCUT2D eigenvalue weighted by Gasteiger charge is 2.26. The van der Waals surface area contributed by atoms with Gasteiger partial charge >= 0.3 is 0 Å². The Kier molecular flexibility index (Phi) is 5.92. The van der Waals surface area contributed by atoms with E-state index in [2.05, 4.69) is 5.32 Å². The maximum atomic E-state index is 13.8. The SMILES string of the molecule is Cc1ccc(-c2nc3ccccc3c(C(=O)Nc3sc4c(c3C(N)=O)CCCCC4)c2C)cc1. The van der Waals surface area contributed by atoms with E-state index in [4.69, 9.17) is 10.7 Å². The number of hydrogen-bond acceptors (Lipinski definition) is 4. The molecule has 2 amide bonds. The Balaban J connectivity index is 1.62. The number of primary amides is 1. The first-order valence-electron chi connectivity index (χ1n) is 11.7. The van der Waals surface area contributed by atoms with Crippen LogP contribution in [0.3, 0.4) is 0 Å². The summed E-state index contributed by atoms with van der Waals surface area (Å²) in [6.45, 7) is 3.98. The molecule has 0 bridgehead atoms. The van der Waals surface area contributed by atoms with E-state index >= 15 is 0 Å². The van der Waals surface area contributed by atoms with Gasteiger partial charge in [-0.3, -0.25) is 9.59 Å². The Labute approximate surface area is 203 Å². The molecule has 0 aliphatic heterocycles. The van der Waals surface area contributed by atoms with Crippen molar-refractivity contribution in [3.8, 4) is 11.3 Å². The Morgan fingerprint density at radius 3 is 2.44 bits per heavy atom. The van der Waals surface area contributed by atoms with Gasteiger partial charge in [0.2, 0.25) is 0 Å². The van der Waals surface area contributed by atoms with Crippen LogP contribution in [0.4, 0.5) is 5.00 Å². The van der Waals surface area contributed by atoms with Crippen LogP contribution in [0.15, 0.2) is 48.5 Å². The molecule has 2 aromatic carbocycles. The number of thiophene rings is 1. The Hall–Kier alpha value is -3.51. The van der Waals surface area contributed by atoms with Gasteiger partial charge in [-0.15, -0.1) is 11.3 Å². The molecule has 0 fully saturated rings. The number of aryl methyl sites for hydroxylation is 2. The van der Waals surface area contributed by atoms with Crippen molar-refractivity contribution in [1.82, 2.24) is 4.98 Å². The van der Waals surface area contributed by atoms with E-state index in [1.807, 2.05) is 62.4 Å². The van der Waals surface area contributed by atoms with E-state index in [9.17, 15) is 9.59 Å². The molecule has 2 heterocycles. The van der Waals surface area contributed by atoms with Crippen LogP contribution in [0.1, 0.15) is 61.5 Å². The van der Waals surface area contributed by atoms with E-state index in [-0.39, 0.29) is 5.91 Å². The average Bonchev–Trinajstić information content (AvgIpc) is 2.99. The summed E-state index contributed by atoms with van der Waals surface area (Å²) in [5, 5.41) is 4.40. The number of hydrogen-bond donors (Lipinski definition) is 2. The van der Waals surface area contributed by atoms with Gasteiger partial charge in [0.15, 0.2) is 0 Å². The van der Waals surface area contributed by atoms with E-state index in [0.29, 0.717) is 16.1 Å². The van der Waals surface area contributed by atoms with Gasteiger partial charge in [-0.2, -0.15) is 0 Å². The molecule has 4 aromatic rings. The summed E-state index contributed by atoms with van der Waals surface area (Å²) in [5.74, 6) is -0.727. The lowest BCUT2D eigenvalue weighted by Crippen LogP contribution is -2.19. The van der Waals surface area contributed by atoms with E-state index in [0.717, 1.165) is 71.0 Å². The van der Waals surface area contributed by atoms with Crippen LogP contribution in [0.5, 0.6) is 0 Å². The number of benzene rings is 2. The highest BCUT2D eigenvalue weighted by Crippen LogP contribution is 2.38. The summed E-state index contributed by atoms with van der Waals surface area (Å²) in [6, 6.07) is 15.8. The molecule has 0 spiro atoms. The van der Waals surface area contributed by atoms with Gasteiger partial charge in [0.25, 0.3) is 11.8 Å². The number of nitrogens with two attached hydrogens (primary N) is 1. The first kappa shape index (κ1) is 22.3. The molecule has 3 N–H and O–H groups in total. The third-order valence-electron chi connectivity index (χ3n) is 6.58. The van der Waals surface area contributed by atoms with Gasteiger partial charge in [-0.05, 0) is 56.7 Å². The molecule has 34 heavy (non-hydrogen) atoms. The fraction of sp³-hybridized carbons (Fsp3) is 0.250. The van der Waals surface area contributed by atoms with Crippen LogP contribution in [0.2, 0.25) is 0 Å². The molecule has 172 valence electrons. The number of pyridine rings is 1. The second-order valence-corrected chi connectivity index (χ2v) is 10.0. The number of fused-ring (bicyclic) bond motifs is 2. The minimum Gasteiger partial charge on any atom is -0.365 e. The molecule has 0 saturated heterocycles. The van der Waals surface area contributed by atoms with Crippen LogP contribution in [0, 0.1) is 13.8 Å². The van der Waals surface area contributed by atoms with Crippen molar-refractivity contribution >= 4 is 39.1 Å². The lowest BCUT2D eigenvalue weighted by Gasteiger charge is -2.15. The lowest BCUT2D eigenvalue weighted by molar-refractivity contribution is 0.100. The number of anilines is 1. The fourth-order valence-electron chi connectivity index (χ4n) is 4.85. The second kappa shape index (κ2) is 9.03. The van der Waals surface area contributed by atoms with Gasteiger partial charge in [0, 0.05) is 15.8 Å². The summed E-state index contributed by atoms with van der Waals surface area (Å²) >= 11 is 1.49. The lowest BCUT2D eigenvalue weighted by atomic mass is 9.96. The van der Waals surface area contributed by atoms with Crippen LogP contribution >= 0.6 is 11.3 Å². The topological polar surface area (TPSA) is 85.1 Å². The molecular weight excluding hydrogens is 442 g/mol. The molecular formula is C28H27N3O2S. The zero-order valence-electron chi connectivity index (χ0n) is 19.4. The fourth-order valence-corrected chi connectivity index (χ4v) is 6.14. The van der Waals surface area contributed by atoms with Crippen LogP contribution in [-0.2, 0) is 12.8 Å². The number of aromatic nitrogens is 1. The molecule has 2 aromatic heterocycles. The molecule has 0 unspecified atom stereocenters. The summed E-state index contributed by atoms with van der Waals surface area (Å²) in [7, 11) is 0. The zero-order chi connectivity index (χ0) is 23.8. The first-order valence-corrected chi connectivity index (χ1v) is 12.5. The predicted octanol–water partition coefficient (Wildman–Crippen LogP) is 6.20. The standard InChI is InChI=1S/C28H27N3O2S/c1-16-12-14-18(15-13-16)25-17(2)23(19-8-6-7-10-21(19)30-25)27(33)31-28-24(26(29)32)20-9-4-3-5-11-22(20)34-28/h6-8,10,12-15H,3-5,9,11H2,1-2H3,(H2,29,32)(H,31,33). The first-order chi connectivity index (χ1) is 16.4. The monoisotopic (exact) mass is 469 g/mol. The normalized spacial score (nSPS) is 13.4. The number of para-hydroxylation sites is 1. The van der Waals surface area contributed by atoms with Gasteiger partial charge < -0.3 is 11.1 Å². The second-order valence-electron chi connectivity index (χ2n) is 8.93. The van der Waals surface area contributed by atoms with Crippen molar-refractivity contribution in [2.75, 3.05) is 5.32 Å². The molecule has 0 atom stereocenters. The van der Waals surface area contributed by atoms with Crippen LogP contribution in [-0.4, -0.2) is 16.8 Å². The van der Waals surface area contributed by atoms with Crippen molar-refractivity contribution in [2.24, 2.45) is 5.73 Å². The number of carbonyl (C=O) groups is 2. The van der Waals surface area contributed by atoms with Crippen molar-refractivity contribution < 1.29 is 9.59 Å². The van der Waals surface area contributed by atoms with Gasteiger partial charge in [-0.1, -0.05) is 54.4 Å². The highest BCUT2D eigenvalue weighted by atomic mass is 32.1. The zero-order valence-corrected chi connectivity index (χ0v) is 20.2. The van der Waals surface area contributed by atoms with Crippen molar-refractivity contribution in [1.29, 1.82) is 0 Å². The number of rotatable bonds is 4. The third-order valence-corrected chi connectivity index (χ3v) is 7.79. The molecule has 6 heteroatoms. The predicted molar refractivity (Wildman–Crippen MR) is 139 cm³/mol. The maximum Gasteiger partial charge on any atom is 0.257 e. The quantitative estimate of drug-likeness (QED) is 0.349. The van der Waals surface area contributed by atoms with Gasteiger partial charge in [0.05, 0.1) is 22.3 Å². The summed E-state index contributed by atoms with van der Waals surface area (Å²) < 4.78 is 0. The average molecular weight is 470 g/mol. The Bertz CT molecular complexity index is 1420. The van der Waals surface area contributed by atoms with Crippen molar-refractivity contribution in [3.05, 3.63) is 81.2 Å². The van der Waals surface area contributed by atoms with Gasteiger partial charge in [-0.25, -0.2) is 4.98 Å². The number of carbonyl (C=O) groups excluding carboxylic acids is 2. The molecule has 5 rings (SSSR count). The minimum atomic E-state index is -0.480. The smallest absolute Gasteiger partial charge is 0.257 e. The third kappa shape index (κ3) is 3.99.